The smallest absolute Gasteiger partial charge is 0.123 e. The van der Waals surface area contributed by atoms with Crippen LogP contribution in [0.5, 0.6) is 11.5 Å². The minimum atomic E-state index is 0.310. The summed E-state index contributed by atoms with van der Waals surface area (Å²) in [6.45, 7) is 0.727. The predicted octanol–water partition coefficient (Wildman–Crippen LogP) is 3.16. The van der Waals surface area contributed by atoms with Crippen LogP contribution in [0, 0.1) is 0 Å². The Labute approximate surface area is 119 Å². The molecule has 0 spiro atoms. The molecule has 0 aromatic heterocycles. The highest BCUT2D eigenvalue weighted by Crippen LogP contribution is 2.28. The number of aromatic hydroxyl groups is 1. The van der Waals surface area contributed by atoms with Crippen LogP contribution in [0.3, 0.4) is 0 Å². The highest BCUT2D eigenvalue weighted by molar-refractivity contribution is 7.99. The number of nitrogens with one attached hydrogen (secondary N) is 1. The summed E-state index contributed by atoms with van der Waals surface area (Å²) in [6, 6.07) is 6.07. The molecule has 0 heterocycles. The van der Waals surface area contributed by atoms with E-state index in [-0.39, 0.29) is 0 Å². The van der Waals surface area contributed by atoms with E-state index in [0.717, 1.165) is 17.4 Å². The maximum Gasteiger partial charge on any atom is 0.123 e. The summed E-state index contributed by atoms with van der Waals surface area (Å²) in [5, 5.41) is 14.3. The Hall–Kier alpha value is -0.870. The number of hydrogen-bond acceptors (Lipinski definition) is 4. The molecular formula is C15H23NO2S. The molecule has 1 aromatic rings. The van der Waals surface area contributed by atoms with Crippen molar-refractivity contribution in [2.45, 2.75) is 43.5 Å². The average Bonchev–Trinajstić information content (AvgIpc) is 2.46. The average molecular weight is 281 g/mol. The number of rotatable bonds is 5. The Bertz CT molecular complexity index is 403. The van der Waals surface area contributed by atoms with Gasteiger partial charge in [-0.3, -0.25) is 0 Å². The van der Waals surface area contributed by atoms with Crippen molar-refractivity contribution in [2.75, 3.05) is 13.4 Å². The van der Waals surface area contributed by atoms with Gasteiger partial charge in [-0.05, 0) is 38.0 Å². The van der Waals surface area contributed by atoms with E-state index < -0.39 is 0 Å². The van der Waals surface area contributed by atoms with Gasteiger partial charge in [-0.2, -0.15) is 11.8 Å². The lowest BCUT2D eigenvalue weighted by Crippen LogP contribution is -2.33. The number of benzene rings is 1. The van der Waals surface area contributed by atoms with Crippen molar-refractivity contribution in [3.8, 4) is 11.5 Å². The molecular weight excluding hydrogens is 258 g/mol. The monoisotopic (exact) mass is 281 g/mol. The molecule has 1 aromatic carbocycles. The highest BCUT2D eigenvalue weighted by atomic mass is 32.2. The maximum atomic E-state index is 9.91. The van der Waals surface area contributed by atoms with Gasteiger partial charge < -0.3 is 15.2 Å². The van der Waals surface area contributed by atoms with E-state index >= 15 is 0 Å². The molecule has 1 fully saturated rings. The van der Waals surface area contributed by atoms with Crippen LogP contribution in [0.1, 0.15) is 31.2 Å². The van der Waals surface area contributed by atoms with Gasteiger partial charge in [0.05, 0.1) is 7.11 Å². The van der Waals surface area contributed by atoms with Gasteiger partial charge in [0, 0.05) is 29.5 Å². The SMILES string of the molecule is COc1ccc(CNC2CCC(SC)CC2)c(O)c1. The van der Waals surface area contributed by atoms with Gasteiger partial charge in [-0.25, -0.2) is 0 Å². The van der Waals surface area contributed by atoms with Gasteiger partial charge in [0.25, 0.3) is 0 Å². The minimum absolute atomic E-state index is 0.310. The van der Waals surface area contributed by atoms with Crippen LogP contribution in [-0.2, 0) is 6.54 Å². The number of phenols is 1. The Kier molecular flexibility index (Phi) is 5.40. The van der Waals surface area contributed by atoms with E-state index in [1.165, 1.54) is 25.7 Å². The minimum Gasteiger partial charge on any atom is -0.507 e. The van der Waals surface area contributed by atoms with Crippen LogP contribution >= 0.6 is 11.8 Å². The Morgan fingerprint density at radius 3 is 2.63 bits per heavy atom. The zero-order valence-electron chi connectivity index (χ0n) is 11.7. The second-order valence-electron chi connectivity index (χ2n) is 5.08. The van der Waals surface area contributed by atoms with Crippen molar-refractivity contribution >= 4 is 11.8 Å². The number of hydrogen-bond donors (Lipinski definition) is 2. The lowest BCUT2D eigenvalue weighted by Gasteiger charge is -2.28. The molecule has 0 unspecified atom stereocenters. The molecule has 106 valence electrons. The number of thioether (sulfide) groups is 1. The highest BCUT2D eigenvalue weighted by Gasteiger charge is 2.20. The van der Waals surface area contributed by atoms with Crippen LogP contribution in [0.4, 0.5) is 0 Å². The van der Waals surface area contributed by atoms with Crippen LogP contribution in [0.2, 0.25) is 0 Å². The van der Waals surface area contributed by atoms with Crippen molar-refractivity contribution in [1.82, 2.24) is 5.32 Å². The molecule has 4 heteroatoms. The van der Waals surface area contributed by atoms with Gasteiger partial charge in [0.1, 0.15) is 11.5 Å². The van der Waals surface area contributed by atoms with Crippen molar-refractivity contribution in [1.29, 1.82) is 0 Å². The van der Waals surface area contributed by atoms with E-state index in [1.54, 1.807) is 13.2 Å². The van der Waals surface area contributed by atoms with E-state index in [4.69, 9.17) is 4.74 Å². The van der Waals surface area contributed by atoms with Crippen LogP contribution < -0.4 is 10.1 Å². The third-order valence-corrected chi connectivity index (χ3v) is 5.02. The van der Waals surface area contributed by atoms with Crippen molar-refractivity contribution < 1.29 is 9.84 Å². The summed E-state index contributed by atoms with van der Waals surface area (Å²) in [4.78, 5) is 0. The molecule has 0 atom stereocenters. The zero-order chi connectivity index (χ0) is 13.7. The summed E-state index contributed by atoms with van der Waals surface area (Å²) in [5.41, 5.74) is 0.938. The Balaban J connectivity index is 1.82. The number of methoxy groups -OCH3 is 1. The van der Waals surface area contributed by atoms with E-state index in [1.807, 2.05) is 23.9 Å². The lowest BCUT2D eigenvalue weighted by molar-refractivity contribution is 0.373. The third kappa shape index (κ3) is 4.05. The van der Waals surface area contributed by atoms with Gasteiger partial charge in [0.2, 0.25) is 0 Å². The van der Waals surface area contributed by atoms with Crippen molar-refractivity contribution in [3.05, 3.63) is 23.8 Å². The van der Waals surface area contributed by atoms with Crippen LogP contribution in [0.15, 0.2) is 18.2 Å². The first-order valence-corrected chi connectivity index (χ1v) is 8.13. The lowest BCUT2D eigenvalue weighted by atomic mass is 9.95. The quantitative estimate of drug-likeness (QED) is 0.870. The molecule has 0 bridgehead atoms. The normalized spacial score (nSPS) is 23.3. The van der Waals surface area contributed by atoms with Crippen molar-refractivity contribution in [3.63, 3.8) is 0 Å². The standard InChI is InChI=1S/C15H23NO2S/c1-18-13-6-3-11(15(17)9-13)10-16-12-4-7-14(19-2)8-5-12/h3,6,9,12,14,16-17H,4-5,7-8,10H2,1-2H3. The van der Waals surface area contributed by atoms with E-state index in [9.17, 15) is 5.11 Å². The maximum absolute atomic E-state index is 9.91. The molecule has 1 aliphatic carbocycles. The first-order chi connectivity index (χ1) is 9.22. The van der Waals surface area contributed by atoms with Crippen LogP contribution in [-0.4, -0.2) is 29.8 Å². The summed E-state index contributed by atoms with van der Waals surface area (Å²) in [5.74, 6) is 1.01. The summed E-state index contributed by atoms with van der Waals surface area (Å²) in [6.07, 6.45) is 7.28. The van der Waals surface area contributed by atoms with E-state index in [0.29, 0.717) is 17.5 Å². The summed E-state index contributed by atoms with van der Waals surface area (Å²) in [7, 11) is 1.61. The summed E-state index contributed by atoms with van der Waals surface area (Å²) < 4.78 is 5.09. The summed E-state index contributed by atoms with van der Waals surface area (Å²) >= 11 is 1.99. The molecule has 0 amide bonds. The predicted molar refractivity (Wildman–Crippen MR) is 81.1 cm³/mol. The van der Waals surface area contributed by atoms with Gasteiger partial charge in [-0.1, -0.05) is 6.07 Å². The van der Waals surface area contributed by atoms with Gasteiger partial charge in [-0.15, -0.1) is 0 Å². The van der Waals surface area contributed by atoms with Crippen LogP contribution in [0.25, 0.3) is 0 Å². The largest absolute Gasteiger partial charge is 0.507 e. The molecule has 0 radical (unpaired) electrons. The van der Waals surface area contributed by atoms with Gasteiger partial charge >= 0.3 is 0 Å². The Morgan fingerprint density at radius 1 is 1.32 bits per heavy atom. The molecule has 3 nitrogen and oxygen atoms in total. The first kappa shape index (κ1) is 14.5. The molecule has 1 aliphatic rings. The first-order valence-electron chi connectivity index (χ1n) is 6.85. The fraction of sp³-hybridized carbons (Fsp3) is 0.600. The van der Waals surface area contributed by atoms with E-state index in [2.05, 4.69) is 11.6 Å². The topological polar surface area (TPSA) is 41.5 Å². The third-order valence-electron chi connectivity index (χ3n) is 3.88. The van der Waals surface area contributed by atoms with Gasteiger partial charge in [0.15, 0.2) is 0 Å². The number of phenolic OH excluding ortho intramolecular Hbond substituents is 1. The molecule has 1 saturated carbocycles. The molecule has 2 N–H and O–H groups in total. The fourth-order valence-corrected chi connectivity index (χ4v) is 3.32. The molecule has 0 saturated heterocycles. The Morgan fingerprint density at radius 2 is 2.05 bits per heavy atom. The second kappa shape index (κ2) is 7.06. The fourth-order valence-electron chi connectivity index (χ4n) is 2.58. The zero-order valence-corrected chi connectivity index (χ0v) is 12.5. The molecule has 0 aliphatic heterocycles. The molecule has 19 heavy (non-hydrogen) atoms. The number of ether oxygens (including phenoxy) is 1. The second-order valence-corrected chi connectivity index (χ2v) is 6.22. The van der Waals surface area contributed by atoms with Crippen molar-refractivity contribution in [2.24, 2.45) is 0 Å². The molecule has 2 rings (SSSR count).